The van der Waals surface area contributed by atoms with Crippen LogP contribution < -0.4 is 4.90 Å². The van der Waals surface area contributed by atoms with Crippen molar-refractivity contribution < 1.29 is 4.42 Å². The van der Waals surface area contributed by atoms with E-state index in [1.165, 1.54) is 32.9 Å². The molecule has 0 aliphatic heterocycles. The molecule has 0 amide bonds. The van der Waals surface area contributed by atoms with Gasteiger partial charge in [-0.2, -0.15) is 0 Å². The third-order valence-electron chi connectivity index (χ3n) is 12.4. The van der Waals surface area contributed by atoms with Crippen LogP contribution in [0, 0.1) is 0 Å². The lowest BCUT2D eigenvalue weighted by Gasteiger charge is -2.30. The predicted molar refractivity (Wildman–Crippen MR) is 264 cm³/mol. The maximum atomic E-state index is 6.42. The maximum Gasteiger partial charge on any atom is 0.136 e. The molecule has 0 radical (unpaired) electrons. The zero-order valence-electron chi connectivity index (χ0n) is 34.4. The molecule has 0 spiro atoms. The molecule has 2 heterocycles. The first kappa shape index (κ1) is 36.5. The van der Waals surface area contributed by atoms with Crippen LogP contribution in [0.4, 0.5) is 17.1 Å². The molecule has 3 nitrogen and oxygen atoms in total. The SMILES string of the molecule is c1ccc(-c2cccc(-c3ccccc3N(c3ccc(-c4cccc(-n5c6ccccc6c6ccccc65)c4)cc3)c3ccccc3-c3cccc4oc5ccccc5c34)c2)cc1. The van der Waals surface area contributed by atoms with Crippen LogP contribution in [0.5, 0.6) is 0 Å². The van der Waals surface area contributed by atoms with Crippen LogP contribution in [0.3, 0.4) is 0 Å². The van der Waals surface area contributed by atoms with Gasteiger partial charge >= 0.3 is 0 Å². The third kappa shape index (κ3) is 6.29. The Bertz CT molecular complexity index is 3580. The molecule has 0 atom stereocenters. The molecule has 0 aliphatic rings. The van der Waals surface area contributed by atoms with E-state index in [2.05, 4.69) is 246 Å². The van der Waals surface area contributed by atoms with E-state index in [4.69, 9.17) is 4.42 Å². The Morgan fingerprint density at radius 1 is 0.317 bits per heavy atom. The number of anilines is 3. The van der Waals surface area contributed by atoms with Gasteiger partial charge in [-0.3, -0.25) is 0 Å². The second-order valence-electron chi connectivity index (χ2n) is 16.1. The summed E-state index contributed by atoms with van der Waals surface area (Å²) in [5, 5.41) is 4.73. The number of hydrogen-bond donors (Lipinski definition) is 0. The molecule has 12 rings (SSSR count). The number of fused-ring (bicyclic) bond motifs is 6. The summed E-state index contributed by atoms with van der Waals surface area (Å²) < 4.78 is 8.81. The minimum atomic E-state index is 0.876. The van der Waals surface area contributed by atoms with Gasteiger partial charge in [-0.1, -0.05) is 176 Å². The summed E-state index contributed by atoms with van der Waals surface area (Å²) in [4.78, 5) is 2.43. The lowest BCUT2D eigenvalue weighted by molar-refractivity contribution is 0.669. The Morgan fingerprint density at radius 2 is 0.825 bits per heavy atom. The van der Waals surface area contributed by atoms with Gasteiger partial charge < -0.3 is 13.9 Å². The molecule has 3 heteroatoms. The Kier molecular flexibility index (Phi) is 8.83. The minimum Gasteiger partial charge on any atom is -0.456 e. The van der Waals surface area contributed by atoms with Crippen LogP contribution in [0.1, 0.15) is 0 Å². The molecule has 63 heavy (non-hydrogen) atoms. The largest absolute Gasteiger partial charge is 0.456 e. The standard InChI is InChI=1S/C60H40N2O/c1-2-17-41(18-3-1)43-19-14-21-45(39-43)48-23-4-9-29-54(48)61(57-32-12-7-26-51(57)52-28-16-34-59-60(52)53-27-8-13-33-58(53)63-59)46-37-35-42(36-38-46)44-20-15-22-47(40-44)62-55-30-10-5-24-49(55)50-25-6-11-31-56(50)62/h1-40H. The van der Waals surface area contributed by atoms with E-state index < -0.39 is 0 Å². The number of para-hydroxylation sites is 5. The Balaban J connectivity index is 1.03. The summed E-state index contributed by atoms with van der Waals surface area (Å²) >= 11 is 0. The molecule has 0 bridgehead atoms. The highest BCUT2D eigenvalue weighted by molar-refractivity contribution is 6.14. The zero-order valence-corrected chi connectivity index (χ0v) is 34.4. The summed E-state index contributed by atoms with van der Waals surface area (Å²) in [6.45, 7) is 0. The van der Waals surface area contributed by atoms with Gasteiger partial charge in [0.25, 0.3) is 0 Å². The van der Waals surface area contributed by atoms with Crippen molar-refractivity contribution in [3.63, 3.8) is 0 Å². The number of aromatic nitrogens is 1. The van der Waals surface area contributed by atoms with E-state index in [1.807, 2.05) is 6.07 Å². The van der Waals surface area contributed by atoms with Crippen LogP contribution in [0.15, 0.2) is 247 Å². The Hall–Kier alpha value is -8.40. The van der Waals surface area contributed by atoms with Gasteiger partial charge in [-0.05, 0) is 100 Å². The molecule has 12 aromatic rings. The molecule has 296 valence electrons. The summed E-state index contributed by atoms with van der Waals surface area (Å²) in [6, 6.07) is 87.1. The number of nitrogens with zero attached hydrogens (tertiary/aromatic N) is 2. The van der Waals surface area contributed by atoms with Crippen LogP contribution in [-0.2, 0) is 0 Å². The predicted octanol–water partition coefficient (Wildman–Crippen LogP) is 16.8. The average Bonchev–Trinajstić information content (AvgIpc) is 3.91. The second-order valence-corrected chi connectivity index (χ2v) is 16.1. The monoisotopic (exact) mass is 804 g/mol. The zero-order chi connectivity index (χ0) is 41.7. The lowest BCUT2D eigenvalue weighted by atomic mass is 9.95. The van der Waals surface area contributed by atoms with Gasteiger partial charge in [-0.15, -0.1) is 0 Å². The summed E-state index contributed by atoms with van der Waals surface area (Å²) in [7, 11) is 0. The average molecular weight is 805 g/mol. The summed E-state index contributed by atoms with van der Waals surface area (Å²) in [5.74, 6) is 0. The second kappa shape index (κ2) is 15.3. The highest BCUT2D eigenvalue weighted by Gasteiger charge is 2.23. The molecule has 0 fully saturated rings. The maximum absolute atomic E-state index is 6.42. The van der Waals surface area contributed by atoms with E-state index in [-0.39, 0.29) is 0 Å². The van der Waals surface area contributed by atoms with Crippen molar-refractivity contribution in [2.75, 3.05) is 4.90 Å². The number of benzene rings is 10. The van der Waals surface area contributed by atoms with Crippen molar-refractivity contribution in [3.05, 3.63) is 243 Å². The molecule has 0 N–H and O–H groups in total. The fourth-order valence-corrected chi connectivity index (χ4v) is 9.54. The molecule has 0 saturated heterocycles. The van der Waals surface area contributed by atoms with E-state index >= 15 is 0 Å². The molecular weight excluding hydrogens is 765 g/mol. The molecule has 0 aliphatic carbocycles. The number of hydrogen-bond acceptors (Lipinski definition) is 2. The quantitative estimate of drug-likeness (QED) is 0.153. The third-order valence-corrected chi connectivity index (χ3v) is 12.4. The smallest absolute Gasteiger partial charge is 0.136 e. The molecule has 0 saturated carbocycles. The summed E-state index contributed by atoms with van der Waals surface area (Å²) in [5.41, 5.74) is 17.7. The summed E-state index contributed by atoms with van der Waals surface area (Å²) in [6.07, 6.45) is 0. The normalized spacial score (nSPS) is 11.5. The Morgan fingerprint density at radius 3 is 1.59 bits per heavy atom. The van der Waals surface area contributed by atoms with Crippen molar-refractivity contribution in [2.45, 2.75) is 0 Å². The first-order valence-electron chi connectivity index (χ1n) is 21.5. The first-order chi connectivity index (χ1) is 31.3. The van der Waals surface area contributed by atoms with Crippen LogP contribution in [0.2, 0.25) is 0 Å². The topological polar surface area (TPSA) is 21.3 Å². The van der Waals surface area contributed by atoms with Crippen molar-refractivity contribution >= 4 is 60.8 Å². The molecule has 2 aromatic heterocycles. The van der Waals surface area contributed by atoms with E-state index in [9.17, 15) is 0 Å². The highest BCUT2D eigenvalue weighted by atomic mass is 16.3. The van der Waals surface area contributed by atoms with Gasteiger partial charge in [0.2, 0.25) is 0 Å². The first-order valence-corrected chi connectivity index (χ1v) is 21.5. The van der Waals surface area contributed by atoms with Crippen molar-refractivity contribution in [3.8, 4) is 50.2 Å². The van der Waals surface area contributed by atoms with Gasteiger partial charge in [0.15, 0.2) is 0 Å². The van der Waals surface area contributed by atoms with E-state index in [0.29, 0.717) is 0 Å². The van der Waals surface area contributed by atoms with Crippen molar-refractivity contribution in [1.29, 1.82) is 0 Å². The minimum absolute atomic E-state index is 0.876. The molecular formula is C60H40N2O. The number of furan rings is 1. The fourth-order valence-electron chi connectivity index (χ4n) is 9.54. The van der Waals surface area contributed by atoms with Crippen LogP contribution >= 0.6 is 0 Å². The van der Waals surface area contributed by atoms with Gasteiger partial charge in [0.05, 0.1) is 22.4 Å². The van der Waals surface area contributed by atoms with Gasteiger partial charge in [0.1, 0.15) is 11.2 Å². The molecule has 10 aromatic carbocycles. The van der Waals surface area contributed by atoms with Gasteiger partial charge in [-0.25, -0.2) is 0 Å². The Labute approximate surface area is 366 Å². The van der Waals surface area contributed by atoms with E-state index in [1.54, 1.807) is 0 Å². The lowest BCUT2D eigenvalue weighted by Crippen LogP contribution is -2.12. The van der Waals surface area contributed by atoms with Crippen LogP contribution in [0.25, 0.3) is 93.9 Å². The van der Waals surface area contributed by atoms with Crippen LogP contribution in [-0.4, -0.2) is 4.57 Å². The van der Waals surface area contributed by atoms with Crippen molar-refractivity contribution in [1.82, 2.24) is 4.57 Å². The van der Waals surface area contributed by atoms with Gasteiger partial charge in [0, 0.05) is 44.0 Å². The van der Waals surface area contributed by atoms with Crippen molar-refractivity contribution in [2.24, 2.45) is 0 Å². The highest BCUT2D eigenvalue weighted by Crippen LogP contribution is 2.47. The van der Waals surface area contributed by atoms with E-state index in [0.717, 1.165) is 78.1 Å². The number of rotatable bonds is 8. The fraction of sp³-hybridized carbons (Fsp3) is 0. The molecule has 0 unspecified atom stereocenters.